The topological polar surface area (TPSA) is 15.9 Å². The molecule has 1 aliphatic rings. The third kappa shape index (κ3) is 2.33. The van der Waals surface area contributed by atoms with Crippen molar-refractivity contribution in [2.24, 2.45) is 5.92 Å². The van der Waals surface area contributed by atoms with Crippen LogP contribution in [-0.4, -0.2) is 22.5 Å². The Morgan fingerprint density at radius 1 is 1.56 bits per heavy atom. The van der Waals surface area contributed by atoms with Gasteiger partial charge in [-0.2, -0.15) is 0 Å². The number of hydrogen-bond acceptors (Lipinski definition) is 2. The van der Waals surface area contributed by atoms with Gasteiger partial charge in [0.15, 0.2) is 0 Å². The molecule has 1 aliphatic heterocycles. The number of nitrogens with zero attached hydrogens (tertiary/aromatic N) is 2. The SMILES string of the molecule is C=CC[C@@H](c1ccccn1)N1C[C@@H]1C(C)C. The summed E-state index contributed by atoms with van der Waals surface area (Å²) in [6.45, 7) is 9.62. The van der Waals surface area contributed by atoms with E-state index < -0.39 is 0 Å². The third-order valence-corrected chi connectivity index (χ3v) is 3.28. The van der Waals surface area contributed by atoms with E-state index in [0.717, 1.165) is 18.4 Å². The highest BCUT2D eigenvalue weighted by Gasteiger charge is 2.41. The molecule has 16 heavy (non-hydrogen) atoms. The Labute approximate surface area is 98.0 Å². The summed E-state index contributed by atoms with van der Waals surface area (Å²) in [4.78, 5) is 6.99. The van der Waals surface area contributed by atoms with Crippen molar-refractivity contribution in [2.75, 3.05) is 6.54 Å². The van der Waals surface area contributed by atoms with E-state index in [1.54, 1.807) is 0 Å². The maximum atomic E-state index is 4.46. The van der Waals surface area contributed by atoms with Crippen molar-refractivity contribution in [3.05, 3.63) is 42.7 Å². The van der Waals surface area contributed by atoms with E-state index in [1.807, 2.05) is 18.3 Å². The molecule has 0 aromatic carbocycles. The van der Waals surface area contributed by atoms with Gasteiger partial charge in [-0.05, 0) is 24.5 Å². The van der Waals surface area contributed by atoms with Gasteiger partial charge in [-0.1, -0.05) is 26.0 Å². The molecule has 2 rings (SSSR count). The van der Waals surface area contributed by atoms with Gasteiger partial charge in [0.05, 0.1) is 11.7 Å². The van der Waals surface area contributed by atoms with E-state index >= 15 is 0 Å². The Balaban J connectivity index is 2.10. The summed E-state index contributed by atoms with van der Waals surface area (Å²) in [5, 5.41) is 0. The Kier molecular flexibility index (Phi) is 3.39. The quantitative estimate of drug-likeness (QED) is 0.555. The molecular weight excluding hydrogens is 196 g/mol. The largest absolute Gasteiger partial charge is 0.288 e. The Hall–Kier alpha value is -1.15. The fraction of sp³-hybridized carbons (Fsp3) is 0.500. The molecule has 86 valence electrons. The molecule has 1 fully saturated rings. The highest BCUT2D eigenvalue weighted by atomic mass is 15.3. The first-order valence-electron chi connectivity index (χ1n) is 6.01. The minimum Gasteiger partial charge on any atom is -0.288 e. The Morgan fingerprint density at radius 2 is 2.38 bits per heavy atom. The first kappa shape index (κ1) is 11.3. The minimum absolute atomic E-state index is 0.422. The highest BCUT2D eigenvalue weighted by molar-refractivity contribution is 5.14. The fourth-order valence-electron chi connectivity index (χ4n) is 2.28. The molecule has 1 unspecified atom stereocenters. The van der Waals surface area contributed by atoms with E-state index in [9.17, 15) is 0 Å². The lowest BCUT2D eigenvalue weighted by atomic mass is 10.1. The summed E-state index contributed by atoms with van der Waals surface area (Å²) in [5.41, 5.74) is 1.17. The number of aromatic nitrogens is 1. The van der Waals surface area contributed by atoms with E-state index in [0.29, 0.717) is 6.04 Å². The van der Waals surface area contributed by atoms with Crippen molar-refractivity contribution >= 4 is 0 Å². The van der Waals surface area contributed by atoms with Gasteiger partial charge in [0.2, 0.25) is 0 Å². The summed E-state index contributed by atoms with van der Waals surface area (Å²) in [5.74, 6) is 0.732. The van der Waals surface area contributed by atoms with E-state index in [-0.39, 0.29) is 0 Å². The number of hydrogen-bond donors (Lipinski definition) is 0. The molecule has 3 atom stereocenters. The van der Waals surface area contributed by atoms with E-state index in [4.69, 9.17) is 0 Å². The molecule has 2 nitrogen and oxygen atoms in total. The second-order valence-corrected chi connectivity index (χ2v) is 4.80. The molecular formula is C14H20N2. The third-order valence-electron chi connectivity index (χ3n) is 3.28. The maximum Gasteiger partial charge on any atom is 0.0578 e. The molecule has 0 amide bonds. The highest BCUT2D eigenvalue weighted by Crippen LogP contribution is 2.37. The smallest absolute Gasteiger partial charge is 0.0578 e. The van der Waals surface area contributed by atoms with Gasteiger partial charge < -0.3 is 0 Å². The van der Waals surface area contributed by atoms with Gasteiger partial charge >= 0.3 is 0 Å². The predicted octanol–water partition coefficient (Wildman–Crippen LogP) is 3.04. The van der Waals surface area contributed by atoms with Crippen LogP contribution in [0.3, 0.4) is 0 Å². The molecule has 0 bridgehead atoms. The summed E-state index contributed by atoms with van der Waals surface area (Å²) in [6.07, 6.45) is 4.86. The van der Waals surface area contributed by atoms with Gasteiger partial charge in [-0.3, -0.25) is 9.88 Å². The van der Waals surface area contributed by atoms with Crippen LogP contribution in [0.25, 0.3) is 0 Å². The molecule has 1 saturated heterocycles. The fourth-order valence-corrected chi connectivity index (χ4v) is 2.28. The molecule has 1 aromatic heterocycles. The van der Waals surface area contributed by atoms with Crippen LogP contribution in [0.2, 0.25) is 0 Å². The van der Waals surface area contributed by atoms with Crippen LogP contribution in [0, 0.1) is 5.92 Å². The van der Waals surface area contributed by atoms with E-state index in [1.165, 1.54) is 12.2 Å². The molecule has 2 heteroatoms. The zero-order valence-corrected chi connectivity index (χ0v) is 10.1. The molecule has 1 aromatic rings. The summed E-state index contributed by atoms with van der Waals surface area (Å²) >= 11 is 0. The summed E-state index contributed by atoms with van der Waals surface area (Å²) < 4.78 is 0. The lowest BCUT2D eigenvalue weighted by Crippen LogP contribution is -2.15. The van der Waals surface area contributed by atoms with Crippen LogP contribution in [0.5, 0.6) is 0 Å². The van der Waals surface area contributed by atoms with Gasteiger partial charge in [-0.25, -0.2) is 0 Å². The molecule has 0 N–H and O–H groups in total. The van der Waals surface area contributed by atoms with Gasteiger partial charge in [0.1, 0.15) is 0 Å². The van der Waals surface area contributed by atoms with Crippen molar-refractivity contribution in [1.82, 2.24) is 9.88 Å². The second kappa shape index (κ2) is 4.79. The van der Waals surface area contributed by atoms with Gasteiger partial charge in [0, 0.05) is 18.8 Å². The molecule has 0 saturated carbocycles. The molecule has 0 aliphatic carbocycles. The first-order valence-corrected chi connectivity index (χ1v) is 6.01. The Morgan fingerprint density at radius 3 is 2.88 bits per heavy atom. The van der Waals surface area contributed by atoms with Crippen LogP contribution >= 0.6 is 0 Å². The van der Waals surface area contributed by atoms with Crippen LogP contribution in [-0.2, 0) is 0 Å². The van der Waals surface area contributed by atoms with Crippen LogP contribution in [0.1, 0.15) is 32.0 Å². The average Bonchev–Trinajstić information content (AvgIpc) is 3.07. The zero-order chi connectivity index (χ0) is 11.5. The molecule has 2 heterocycles. The van der Waals surface area contributed by atoms with Gasteiger partial charge in [-0.15, -0.1) is 6.58 Å². The normalized spacial score (nSPS) is 25.4. The summed E-state index contributed by atoms with van der Waals surface area (Å²) in [7, 11) is 0. The van der Waals surface area contributed by atoms with Gasteiger partial charge in [0.25, 0.3) is 0 Å². The van der Waals surface area contributed by atoms with Crippen LogP contribution < -0.4 is 0 Å². The zero-order valence-electron chi connectivity index (χ0n) is 10.1. The maximum absolute atomic E-state index is 4.46. The van der Waals surface area contributed by atoms with Crippen molar-refractivity contribution in [3.8, 4) is 0 Å². The molecule has 0 radical (unpaired) electrons. The lowest BCUT2D eigenvalue weighted by Gasteiger charge is -2.18. The average molecular weight is 216 g/mol. The van der Waals surface area contributed by atoms with Crippen molar-refractivity contribution in [1.29, 1.82) is 0 Å². The monoisotopic (exact) mass is 216 g/mol. The second-order valence-electron chi connectivity index (χ2n) is 4.80. The van der Waals surface area contributed by atoms with Crippen molar-refractivity contribution < 1.29 is 0 Å². The van der Waals surface area contributed by atoms with E-state index in [2.05, 4.69) is 42.4 Å². The lowest BCUT2D eigenvalue weighted by molar-refractivity contribution is 0.344. The molecule has 0 spiro atoms. The summed E-state index contributed by atoms with van der Waals surface area (Å²) in [6, 6.07) is 7.30. The first-order chi connectivity index (χ1) is 7.74. The number of rotatable bonds is 5. The number of pyridine rings is 1. The minimum atomic E-state index is 0.422. The predicted molar refractivity (Wildman–Crippen MR) is 67.1 cm³/mol. The van der Waals surface area contributed by atoms with Crippen LogP contribution in [0.4, 0.5) is 0 Å². The van der Waals surface area contributed by atoms with Crippen molar-refractivity contribution in [2.45, 2.75) is 32.4 Å². The Bertz CT molecular complexity index is 345. The standard InChI is InChI=1S/C14H20N2/c1-4-7-13(12-8-5-6-9-15-12)16-10-14(16)11(2)3/h4-6,8-9,11,13-14H,1,7,10H2,2-3H3/t13-,14+,16?/m0/s1. The van der Waals surface area contributed by atoms with Crippen molar-refractivity contribution in [3.63, 3.8) is 0 Å². The van der Waals surface area contributed by atoms with Crippen LogP contribution in [0.15, 0.2) is 37.1 Å².